The summed E-state index contributed by atoms with van der Waals surface area (Å²) >= 11 is 7.82. The van der Waals surface area contributed by atoms with Crippen LogP contribution in [0.1, 0.15) is 27.6 Å². The van der Waals surface area contributed by atoms with E-state index in [4.69, 9.17) is 16.3 Å². The van der Waals surface area contributed by atoms with Gasteiger partial charge in [0.15, 0.2) is 0 Å². The maximum atomic E-state index is 12.1. The molecule has 28 heavy (non-hydrogen) atoms. The monoisotopic (exact) mass is 413 g/mol. The Morgan fingerprint density at radius 3 is 2.93 bits per heavy atom. The third-order valence-corrected chi connectivity index (χ3v) is 6.32. The third kappa shape index (κ3) is 3.75. The Kier molecular flexibility index (Phi) is 5.33. The number of hydrogen-bond donors (Lipinski definition) is 1. The molecule has 1 N–H and O–H groups in total. The molecule has 2 aromatic carbocycles. The van der Waals surface area contributed by atoms with Crippen LogP contribution in [-0.2, 0) is 18.4 Å². The highest BCUT2D eigenvalue weighted by molar-refractivity contribution is 8.00. The first-order valence-electron chi connectivity index (χ1n) is 8.94. The van der Waals surface area contributed by atoms with Crippen molar-refractivity contribution in [1.29, 1.82) is 0 Å². The molecule has 144 valence electrons. The van der Waals surface area contributed by atoms with Crippen LogP contribution in [0, 0.1) is 6.92 Å². The molecule has 1 aliphatic heterocycles. The van der Waals surface area contributed by atoms with Crippen LogP contribution in [-0.4, -0.2) is 21.4 Å². The number of fused-ring (bicyclic) bond motifs is 1. The van der Waals surface area contributed by atoms with Gasteiger partial charge >= 0.3 is 0 Å². The number of benzene rings is 2. The van der Waals surface area contributed by atoms with Crippen LogP contribution >= 0.6 is 23.4 Å². The zero-order valence-electron chi connectivity index (χ0n) is 15.6. The molecule has 7 heteroatoms. The molecule has 0 saturated heterocycles. The number of rotatable bonds is 4. The van der Waals surface area contributed by atoms with Crippen molar-refractivity contribution in [2.75, 3.05) is 11.1 Å². The molecule has 4 rings (SSSR count). The Balaban J connectivity index is 1.62. The second kappa shape index (κ2) is 7.89. The van der Waals surface area contributed by atoms with Crippen LogP contribution in [0.25, 0.3) is 0 Å². The summed E-state index contributed by atoms with van der Waals surface area (Å²) in [5, 5.41) is 8.17. The van der Waals surface area contributed by atoms with Crippen LogP contribution in [0.2, 0.25) is 5.02 Å². The Morgan fingerprint density at radius 2 is 2.11 bits per heavy atom. The molecule has 0 bridgehead atoms. The van der Waals surface area contributed by atoms with E-state index in [1.54, 1.807) is 16.4 Å². The minimum absolute atomic E-state index is 0.00603. The number of halogens is 1. The van der Waals surface area contributed by atoms with Crippen molar-refractivity contribution in [3.63, 3.8) is 0 Å². The van der Waals surface area contributed by atoms with Crippen molar-refractivity contribution in [1.82, 2.24) is 9.78 Å². The number of amides is 1. The molecule has 0 aliphatic carbocycles. The van der Waals surface area contributed by atoms with Crippen LogP contribution in [0.15, 0.2) is 48.5 Å². The zero-order valence-corrected chi connectivity index (χ0v) is 17.2. The summed E-state index contributed by atoms with van der Waals surface area (Å²) in [6.07, 6.45) is 0. The molecule has 0 saturated carbocycles. The lowest BCUT2D eigenvalue weighted by atomic mass is 10.0. The Hall–Kier alpha value is -2.44. The number of ether oxygens (including phenoxy) is 1. The summed E-state index contributed by atoms with van der Waals surface area (Å²) in [6, 6.07) is 15.7. The van der Waals surface area contributed by atoms with E-state index in [9.17, 15) is 4.79 Å². The van der Waals surface area contributed by atoms with Gasteiger partial charge in [-0.05, 0) is 30.7 Å². The topological polar surface area (TPSA) is 56.2 Å². The van der Waals surface area contributed by atoms with E-state index in [2.05, 4.69) is 16.5 Å². The molecule has 1 amide bonds. The second-order valence-electron chi connectivity index (χ2n) is 6.66. The average molecular weight is 414 g/mol. The van der Waals surface area contributed by atoms with Crippen molar-refractivity contribution in [3.8, 4) is 5.75 Å². The average Bonchev–Trinajstić information content (AvgIpc) is 2.85. The van der Waals surface area contributed by atoms with E-state index in [1.165, 1.54) is 0 Å². The Bertz CT molecular complexity index is 1030. The summed E-state index contributed by atoms with van der Waals surface area (Å²) in [4.78, 5) is 12.1. The highest BCUT2D eigenvalue weighted by Gasteiger charge is 2.29. The molecule has 0 radical (unpaired) electrons. The molecule has 1 aliphatic rings. The van der Waals surface area contributed by atoms with E-state index in [0.29, 0.717) is 17.4 Å². The molecular weight excluding hydrogens is 394 g/mol. The lowest BCUT2D eigenvalue weighted by molar-refractivity contribution is -0.113. The van der Waals surface area contributed by atoms with Crippen LogP contribution in [0.5, 0.6) is 5.75 Å². The maximum absolute atomic E-state index is 12.1. The van der Waals surface area contributed by atoms with E-state index in [0.717, 1.165) is 34.0 Å². The third-order valence-electron chi connectivity index (χ3n) is 4.68. The summed E-state index contributed by atoms with van der Waals surface area (Å²) in [6.45, 7) is 2.37. The minimum Gasteiger partial charge on any atom is -0.489 e. The second-order valence-corrected chi connectivity index (χ2v) is 8.16. The zero-order chi connectivity index (χ0) is 19.7. The lowest BCUT2D eigenvalue weighted by Crippen LogP contribution is -2.15. The normalized spacial score (nSPS) is 16.2. The lowest BCUT2D eigenvalue weighted by Gasteiger charge is -2.16. The Morgan fingerprint density at radius 1 is 1.29 bits per heavy atom. The molecule has 0 fully saturated rings. The standard InChI is InChI=1S/C21H20ClN3O2S/c1-13-19-20(28-12-18(26)23-21(19)25(2)24-13)14-7-5-8-16(10-14)27-11-15-6-3-4-9-17(15)22/h3-10,20H,11-12H2,1-2H3,(H,23,26)/t20-/m1/s1. The quantitative estimate of drug-likeness (QED) is 0.671. The molecule has 0 unspecified atom stereocenters. The molecule has 1 aromatic heterocycles. The minimum atomic E-state index is -0.0112. The highest BCUT2D eigenvalue weighted by atomic mass is 35.5. The summed E-state index contributed by atoms with van der Waals surface area (Å²) in [5.74, 6) is 1.91. The van der Waals surface area contributed by atoms with Gasteiger partial charge in [0.05, 0.1) is 16.7 Å². The van der Waals surface area contributed by atoms with Crippen molar-refractivity contribution in [3.05, 3.63) is 75.9 Å². The van der Waals surface area contributed by atoms with Gasteiger partial charge in [-0.2, -0.15) is 5.10 Å². The predicted molar refractivity (Wildman–Crippen MR) is 113 cm³/mol. The molecule has 1 atom stereocenters. The SMILES string of the molecule is Cc1nn(C)c2c1[C@@H](c1cccc(OCc3ccccc3Cl)c1)SCC(=O)N2. The van der Waals surface area contributed by atoms with Gasteiger partial charge in [0.1, 0.15) is 18.2 Å². The van der Waals surface area contributed by atoms with Gasteiger partial charge in [0.25, 0.3) is 0 Å². The number of anilines is 1. The van der Waals surface area contributed by atoms with Crippen molar-refractivity contribution in [2.45, 2.75) is 18.8 Å². The summed E-state index contributed by atoms with van der Waals surface area (Å²) in [5.41, 5.74) is 3.98. The van der Waals surface area contributed by atoms with Gasteiger partial charge in [-0.1, -0.05) is 41.9 Å². The Labute approximate surface area is 173 Å². The number of carbonyl (C=O) groups excluding carboxylic acids is 1. The number of nitrogens with one attached hydrogen (secondary N) is 1. The van der Waals surface area contributed by atoms with Gasteiger partial charge in [0.2, 0.25) is 5.91 Å². The van der Waals surface area contributed by atoms with Crippen molar-refractivity contribution < 1.29 is 9.53 Å². The van der Waals surface area contributed by atoms with Crippen LogP contribution < -0.4 is 10.1 Å². The maximum Gasteiger partial charge on any atom is 0.235 e. The fourth-order valence-electron chi connectivity index (χ4n) is 3.35. The number of hydrogen-bond acceptors (Lipinski definition) is 4. The number of aromatic nitrogens is 2. The van der Waals surface area contributed by atoms with Gasteiger partial charge in [-0.25, -0.2) is 0 Å². The fraction of sp³-hybridized carbons (Fsp3) is 0.238. The molecule has 5 nitrogen and oxygen atoms in total. The number of carbonyl (C=O) groups is 1. The fourth-order valence-corrected chi connectivity index (χ4v) is 4.72. The first-order valence-corrected chi connectivity index (χ1v) is 10.4. The first-order chi connectivity index (χ1) is 13.5. The number of aryl methyl sites for hydroxylation is 2. The number of thioether (sulfide) groups is 1. The highest BCUT2D eigenvalue weighted by Crippen LogP contribution is 2.43. The van der Waals surface area contributed by atoms with Crippen molar-refractivity contribution in [2.24, 2.45) is 7.05 Å². The summed E-state index contributed by atoms with van der Waals surface area (Å²) < 4.78 is 7.72. The van der Waals surface area contributed by atoms with Gasteiger partial charge in [-0.15, -0.1) is 11.8 Å². The molecule has 2 heterocycles. The summed E-state index contributed by atoms with van der Waals surface area (Å²) in [7, 11) is 1.85. The van der Waals surface area contributed by atoms with Gasteiger partial charge in [-0.3, -0.25) is 9.48 Å². The van der Waals surface area contributed by atoms with Gasteiger partial charge < -0.3 is 10.1 Å². The van der Waals surface area contributed by atoms with E-state index >= 15 is 0 Å². The smallest absolute Gasteiger partial charge is 0.235 e. The van der Waals surface area contributed by atoms with Crippen LogP contribution in [0.4, 0.5) is 5.82 Å². The van der Waals surface area contributed by atoms with E-state index in [-0.39, 0.29) is 11.2 Å². The first kappa shape index (κ1) is 18.9. The molecule has 3 aromatic rings. The van der Waals surface area contributed by atoms with Gasteiger partial charge in [0, 0.05) is 23.2 Å². The largest absolute Gasteiger partial charge is 0.489 e. The van der Waals surface area contributed by atoms with Crippen LogP contribution in [0.3, 0.4) is 0 Å². The van der Waals surface area contributed by atoms with E-state index < -0.39 is 0 Å². The van der Waals surface area contributed by atoms with E-state index in [1.807, 2.05) is 56.4 Å². The molecular formula is C21H20ClN3O2S. The van der Waals surface area contributed by atoms with Crippen molar-refractivity contribution >= 4 is 35.1 Å². The number of nitrogens with zero attached hydrogens (tertiary/aromatic N) is 2. The molecule has 0 spiro atoms. The predicted octanol–water partition coefficient (Wildman–Crippen LogP) is 4.74.